The standard InChI is InChI=1S/C17H15NO5/c1-17(2)8-9(13(14(18)19)16(21)23-17)7-12-10-5-3-4-6-11(10)15(20)22-12/h3-7H,8H2,1-2H3,(H2,18,19)/b12-7-. The highest BCUT2D eigenvalue weighted by Crippen LogP contribution is 2.35. The molecule has 0 atom stereocenters. The van der Waals surface area contributed by atoms with Gasteiger partial charge in [-0.15, -0.1) is 0 Å². The third-order valence-electron chi connectivity index (χ3n) is 3.68. The summed E-state index contributed by atoms with van der Waals surface area (Å²) in [4.78, 5) is 35.5. The number of carbonyl (C=O) groups excluding carboxylic acids is 3. The monoisotopic (exact) mass is 313 g/mol. The van der Waals surface area contributed by atoms with Gasteiger partial charge in [-0.3, -0.25) is 4.79 Å². The number of carbonyl (C=O) groups is 3. The van der Waals surface area contributed by atoms with Crippen LogP contribution in [0.25, 0.3) is 5.76 Å². The molecule has 2 N–H and O–H groups in total. The molecule has 0 radical (unpaired) electrons. The fourth-order valence-electron chi connectivity index (χ4n) is 2.75. The summed E-state index contributed by atoms with van der Waals surface area (Å²) in [5.74, 6) is -1.80. The van der Waals surface area contributed by atoms with Crippen LogP contribution < -0.4 is 5.73 Å². The first-order chi connectivity index (χ1) is 10.8. The average Bonchev–Trinajstić information content (AvgIpc) is 2.74. The van der Waals surface area contributed by atoms with Crippen molar-refractivity contribution in [3.8, 4) is 0 Å². The van der Waals surface area contributed by atoms with Crippen molar-refractivity contribution in [3.05, 3.63) is 52.6 Å². The smallest absolute Gasteiger partial charge is 0.344 e. The summed E-state index contributed by atoms with van der Waals surface area (Å²) in [6, 6.07) is 6.90. The van der Waals surface area contributed by atoms with Gasteiger partial charge in [0.15, 0.2) is 0 Å². The highest BCUT2D eigenvalue weighted by molar-refractivity contribution is 6.17. The van der Waals surface area contributed by atoms with Gasteiger partial charge in [0.1, 0.15) is 16.9 Å². The van der Waals surface area contributed by atoms with Gasteiger partial charge in [-0.1, -0.05) is 18.2 Å². The lowest BCUT2D eigenvalue weighted by Crippen LogP contribution is -2.38. The van der Waals surface area contributed by atoms with Crippen molar-refractivity contribution in [1.82, 2.24) is 0 Å². The maximum Gasteiger partial charge on any atom is 0.344 e. The van der Waals surface area contributed by atoms with E-state index in [1.807, 2.05) is 0 Å². The molecule has 3 rings (SSSR count). The van der Waals surface area contributed by atoms with Gasteiger partial charge in [-0.2, -0.15) is 0 Å². The Morgan fingerprint density at radius 1 is 1.17 bits per heavy atom. The number of hydrogen-bond acceptors (Lipinski definition) is 5. The molecule has 0 aromatic heterocycles. The van der Waals surface area contributed by atoms with Crippen LogP contribution in [-0.4, -0.2) is 23.4 Å². The van der Waals surface area contributed by atoms with Gasteiger partial charge in [0, 0.05) is 12.0 Å². The Bertz CT molecular complexity index is 801. The molecular formula is C17H15NO5. The summed E-state index contributed by atoms with van der Waals surface area (Å²) < 4.78 is 10.4. The number of fused-ring (bicyclic) bond motifs is 1. The number of nitrogens with two attached hydrogens (primary N) is 1. The molecule has 0 fully saturated rings. The van der Waals surface area contributed by atoms with E-state index in [1.165, 1.54) is 6.08 Å². The second-order valence-corrected chi connectivity index (χ2v) is 6.03. The molecule has 0 bridgehead atoms. The summed E-state index contributed by atoms with van der Waals surface area (Å²) >= 11 is 0. The van der Waals surface area contributed by atoms with Gasteiger partial charge in [-0.25, -0.2) is 9.59 Å². The first-order valence-electron chi connectivity index (χ1n) is 7.08. The lowest BCUT2D eigenvalue weighted by Gasteiger charge is -2.31. The van der Waals surface area contributed by atoms with Gasteiger partial charge >= 0.3 is 11.9 Å². The van der Waals surface area contributed by atoms with E-state index in [0.717, 1.165) is 0 Å². The number of rotatable bonds is 2. The number of ether oxygens (including phenoxy) is 2. The van der Waals surface area contributed by atoms with Gasteiger partial charge in [0.25, 0.3) is 5.91 Å². The number of amides is 1. The van der Waals surface area contributed by atoms with Gasteiger partial charge < -0.3 is 15.2 Å². The van der Waals surface area contributed by atoms with E-state index in [1.54, 1.807) is 38.1 Å². The van der Waals surface area contributed by atoms with Gasteiger partial charge in [0.2, 0.25) is 0 Å². The van der Waals surface area contributed by atoms with E-state index < -0.39 is 23.4 Å². The minimum Gasteiger partial charge on any atom is -0.456 e. The van der Waals surface area contributed by atoms with E-state index in [4.69, 9.17) is 15.2 Å². The topological polar surface area (TPSA) is 95.7 Å². The average molecular weight is 313 g/mol. The third kappa shape index (κ3) is 2.63. The fraction of sp³-hybridized carbons (Fsp3) is 0.235. The maximum atomic E-state index is 12.0. The molecule has 0 saturated heterocycles. The Morgan fingerprint density at radius 3 is 2.48 bits per heavy atom. The molecule has 0 spiro atoms. The van der Waals surface area contributed by atoms with Crippen LogP contribution in [0.3, 0.4) is 0 Å². The largest absolute Gasteiger partial charge is 0.456 e. The number of esters is 2. The van der Waals surface area contributed by atoms with Crippen LogP contribution in [0.5, 0.6) is 0 Å². The molecule has 6 nitrogen and oxygen atoms in total. The van der Waals surface area contributed by atoms with Crippen molar-refractivity contribution in [2.24, 2.45) is 5.73 Å². The molecule has 118 valence electrons. The number of hydrogen-bond donors (Lipinski definition) is 1. The zero-order valence-electron chi connectivity index (χ0n) is 12.7. The van der Waals surface area contributed by atoms with Crippen LogP contribution >= 0.6 is 0 Å². The zero-order valence-corrected chi connectivity index (χ0v) is 12.7. The number of allylic oxidation sites excluding steroid dienone is 1. The minimum absolute atomic E-state index is 0.211. The van der Waals surface area contributed by atoms with E-state index in [0.29, 0.717) is 28.9 Å². The quantitative estimate of drug-likeness (QED) is 0.662. The SMILES string of the molecule is CC1(C)CC(/C=C2\OC(=O)c3ccccc32)=C(C(N)=O)C(=O)O1. The van der Waals surface area contributed by atoms with E-state index >= 15 is 0 Å². The van der Waals surface area contributed by atoms with Crippen molar-refractivity contribution in [2.75, 3.05) is 0 Å². The van der Waals surface area contributed by atoms with Crippen molar-refractivity contribution in [2.45, 2.75) is 25.9 Å². The summed E-state index contributed by atoms with van der Waals surface area (Å²) in [5.41, 5.74) is 5.77. The molecule has 6 heteroatoms. The minimum atomic E-state index is -0.866. The molecule has 0 unspecified atom stereocenters. The normalized spacial score (nSPS) is 21.0. The Labute approximate surface area is 132 Å². The Hall–Kier alpha value is -2.89. The first kappa shape index (κ1) is 15.0. The molecule has 0 aliphatic carbocycles. The maximum absolute atomic E-state index is 12.0. The highest BCUT2D eigenvalue weighted by atomic mass is 16.6. The number of primary amides is 1. The van der Waals surface area contributed by atoms with Crippen molar-refractivity contribution >= 4 is 23.6 Å². The van der Waals surface area contributed by atoms with E-state index in [9.17, 15) is 14.4 Å². The van der Waals surface area contributed by atoms with Crippen LogP contribution in [-0.2, 0) is 19.1 Å². The molecule has 0 saturated carbocycles. The molecule has 1 aromatic rings. The van der Waals surface area contributed by atoms with Crippen LogP contribution in [0, 0.1) is 0 Å². The lowest BCUT2D eigenvalue weighted by molar-refractivity contribution is -0.154. The van der Waals surface area contributed by atoms with Crippen LogP contribution in [0.1, 0.15) is 36.2 Å². The Morgan fingerprint density at radius 2 is 1.83 bits per heavy atom. The summed E-state index contributed by atoms with van der Waals surface area (Å²) in [6.07, 6.45) is 1.81. The fourth-order valence-corrected chi connectivity index (χ4v) is 2.75. The van der Waals surface area contributed by atoms with Crippen LogP contribution in [0.4, 0.5) is 0 Å². The second-order valence-electron chi connectivity index (χ2n) is 6.03. The molecular weight excluding hydrogens is 298 g/mol. The van der Waals surface area contributed by atoms with Crippen LogP contribution in [0.2, 0.25) is 0 Å². The Balaban J connectivity index is 2.13. The molecule has 1 aromatic carbocycles. The van der Waals surface area contributed by atoms with Gasteiger partial charge in [-0.05, 0) is 31.6 Å². The lowest BCUT2D eigenvalue weighted by atomic mass is 9.90. The van der Waals surface area contributed by atoms with Crippen molar-refractivity contribution in [3.63, 3.8) is 0 Å². The third-order valence-corrected chi connectivity index (χ3v) is 3.68. The Kier molecular flexibility index (Phi) is 3.32. The summed E-state index contributed by atoms with van der Waals surface area (Å²) in [6.45, 7) is 3.46. The van der Waals surface area contributed by atoms with Gasteiger partial charge in [0.05, 0.1) is 5.56 Å². The summed E-state index contributed by atoms with van der Waals surface area (Å²) in [5, 5.41) is 0. The second kappa shape index (κ2) is 5.08. The zero-order chi connectivity index (χ0) is 16.8. The van der Waals surface area contributed by atoms with Crippen molar-refractivity contribution in [1.29, 1.82) is 0 Å². The molecule has 2 aliphatic rings. The number of benzene rings is 1. The summed E-state index contributed by atoms with van der Waals surface area (Å²) in [7, 11) is 0. The predicted molar refractivity (Wildman–Crippen MR) is 80.8 cm³/mol. The molecule has 23 heavy (non-hydrogen) atoms. The van der Waals surface area contributed by atoms with Crippen LogP contribution in [0.15, 0.2) is 41.5 Å². The number of cyclic esters (lactones) is 2. The first-order valence-corrected chi connectivity index (χ1v) is 7.08. The predicted octanol–water partition coefficient (Wildman–Crippen LogP) is 1.71. The highest BCUT2D eigenvalue weighted by Gasteiger charge is 2.37. The molecule has 1 amide bonds. The van der Waals surface area contributed by atoms with E-state index in [2.05, 4.69) is 0 Å². The van der Waals surface area contributed by atoms with E-state index in [-0.39, 0.29) is 5.57 Å². The molecule has 2 aliphatic heterocycles. The van der Waals surface area contributed by atoms with Crippen molar-refractivity contribution < 1.29 is 23.9 Å². The molecule has 2 heterocycles.